The van der Waals surface area contributed by atoms with Crippen LogP contribution in [-0.2, 0) is 9.59 Å². The van der Waals surface area contributed by atoms with Crippen LogP contribution in [0, 0.1) is 11.8 Å². The maximum atomic E-state index is 13.2. The van der Waals surface area contributed by atoms with Crippen molar-refractivity contribution in [2.45, 2.75) is 77.3 Å². The lowest BCUT2D eigenvalue weighted by Crippen LogP contribution is -2.49. The number of rotatable bonds is 5. The van der Waals surface area contributed by atoms with Crippen LogP contribution in [0.2, 0.25) is 0 Å². The first-order valence-corrected chi connectivity index (χ1v) is 10.4. The molecule has 0 aromatic rings. The van der Waals surface area contributed by atoms with Crippen LogP contribution >= 0.6 is 0 Å². The summed E-state index contributed by atoms with van der Waals surface area (Å²) >= 11 is 0. The third kappa shape index (κ3) is 4.36. The number of amides is 2. The fourth-order valence-electron chi connectivity index (χ4n) is 4.87. The first-order valence-electron chi connectivity index (χ1n) is 10.4. The summed E-state index contributed by atoms with van der Waals surface area (Å²) in [6.07, 6.45) is 8.14. The number of likely N-dealkylation sites (tertiary alicyclic amines) is 1. The number of carbonyl (C=O) groups is 2. The monoisotopic (exact) mass is 349 g/mol. The largest absolute Gasteiger partial charge is 0.339 e. The van der Waals surface area contributed by atoms with E-state index in [1.807, 2.05) is 4.90 Å². The van der Waals surface area contributed by atoms with E-state index < -0.39 is 0 Å². The second kappa shape index (κ2) is 8.52. The van der Waals surface area contributed by atoms with Gasteiger partial charge in [0.1, 0.15) is 0 Å². The SMILES string of the molecule is CCCN(C(=O)C1CC(=O)N(C2CCC(C)CC2)C1)C1CCNCC1. The summed E-state index contributed by atoms with van der Waals surface area (Å²) < 4.78 is 0. The molecule has 0 bridgehead atoms. The van der Waals surface area contributed by atoms with Gasteiger partial charge >= 0.3 is 0 Å². The molecule has 1 aliphatic carbocycles. The summed E-state index contributed by atoms with van der Waals surface area (Å²) in [4.78, 5) is 29.9. The Labute approximate surface area is 152 Å². The minimum absolute atomic E-state index is 0.117. The average Bonchev–Trinajstić information content (AvgIpc) is 3.02. The first kappa shape index (κ1) is 18.7. The number of hydrogen-bond donors (Lipinski definition) is 1. The zero-order valence-corrected chi connectivity index (χ0v) is 16.0. The van der Waals surface area contributed by atoms with Crippen LogP contribution in [0.5, 0.6) is 0 Å². The Kier molecular flexibility index (Phi) is 6.37. The molecule has 5 heteroatoms. The first-order chi connectivity index (χ1) is 12.1. The van der Waals surface area contributed by atoms with Gasteiger partial charge in [-0.1, -0.05) is 13.8 Å². The summed E-state index contributed by atoms with van der Waals surface area (Å²) in [6.45, 7) is 7.91. The molecule has 0 aromatic heterocycles. The van der Waals surface area contributed by atoms with Gasteiger partial charge in [-0.05, 0) is 64.0 Å². The van der Waals surface area contributed by atoms with Gasteiger partial charge in [0.25, 0.3) is 0 Å². The molecule has 2 heterocycles. The zero-order valence-electron chi connectivity index (χ0n) is 16.0. The van der Waals surface area contributed by atoms with Crippen LogP contribution < -0.4 is 5.32 Å². The molecule has 3 aliphatic rings. The second-order valence-electron chi connectivity index (χ2n) is 8.37. The fourth-order valence-corrected chi connectivity index (χ4v) is 4.87. The molecule has 1 unspecified atom stereocenters. The van der Waals surface area contributed by atoms with E-state index in [1.165, 1.54) is 12.8 Å². The maximum Gasteiger partial charge on any atom is 0.228 e. The molecule has 2 amide bonds. The number of hydrogen-bond acceptors (Lipinski definition) is 3. The Morgan fingerprint density at radius 3 is 2.48 bits per heavy atom. The van der Waals surface area contributed by atoms with Crippen LogP contribution in [-0.4, -0.2) is 59.9 Å². The lowest BCUT2D eigenvalue weighted by atomic mass is 9.86. The van der Waals surface area contributed by atoms with Gasteiger partial charge in [-0.15, -0.1) is 0 Å². The predicted molar refractivity (Wildman–Crippen MR) is 99.1 cm³/mol. The molecule has 0 spiro atoms. The van der Waals surface area contributed by atoms with Gasteiger partial charge in [0.2, 0.25) is 11.8 Å². The van der Waals surface area contributed by atoms with E-state index in [9.17, 15) is 9.59 Å². The topological polar surface area (TPSA) is 52.7 Å². The Morgan fingerprint density at radius 1 is 1.16 bits per heavy atom. The molecule has 1 N–H and O–H groups in total. The van der Waals surface area contributed by atoms with Crippen LogP contribution in [0.4, 0.5) is 0 Å². The fraction of sp³-hybridized carbons (Fsp3) is 0.900. The van der Waals surface area contributed by atoms with Crippen LogP contribution in [0.1, 0.15) is 65.2 Å². The smallest absolute Gasteiger partial charge is 0.228 e. The summed E-state index contributed by atoms with van der Waals surface area (Å²) in [7, 11) is 0. The van der Waals surface area contributed by atoms with E-state index >= 15 is 0 Å². The van der Waals surface area contributed by atoms with Crippen LogP contribution in [0.25, 0.3) is 0 Å². The number of piperidine rings is 1. The normalized spacial score (nSPS) is 31.4. The van der Waals surface area contributed by atoms with Crippen molar-refractivity contribution in [3.63, 3.8) is 0 Å². The van der Waals surface area contributed by atoms with E-state index in [-0.39, 0.29) is 17.7 Å². The highest BCUT2D eigenvalue weighted by atomic mass is 16.2. The molecule has 142 valence electrons. The van der Waals surface area contributed by atoms with E-state index in [0.717, 1.165) is 57.7 Å². The van der Waals surface area contributed by atoms with Gasteiger partial charge in [-0.2, -0.15) is 0 Å². The highest BCUT2D eigenvalue weighted by Crippen LogP contribution is 2.32. The van der Waals surface area contributed by atoms with Crippen molar-refractivity contribution in [2.24, 2.45) is 11.8 Å². The molecule has 3 rings (SSSR count). The van der Waals surface area contributed by atoms with Gasteiger partial charge in [0.05, 0.1) is 5.92 Å². The molecule has 1 atom stereocenters. The summed E-state index contributed by atoms with van der Waals surface area (Å²) in [5.41, 5.74) is 0. The van der Waals surface area contributed by atoms with E-state index in [0.29, 0.717) is 25.0 Å². The van der Waals surface area contributed by atoms with Crippen molar-refractivity contribution < 1.29 is 9.59 Å². The van der Waals surface area contributed by atoms with Gasteiger partial charge in [-0.3, -0.25) is 9.59 Å². The Bertz CT molecular complexity index is 468. The quantitative estimate of drug-likeness (QED) is 0.829. The van der Waals surface area contributed by atoms with Crippen molar-refractivity contribution in [1.82, 2.24) is 15.1 Å². The second-order valence-corrected chi connectivity index (χ2v) is 8.37. The Balaban J connectivity index is 1.62. The van der Waals surface area contributed by atoms with Crippen molar-refractivity contribution in [3.05, 3.63) is 0 Å². The van der Waals surface area contributed by atoms with Crippen LogP contribution in [0.3, 0.4) is 0 Å². The van der Waals surface area contributed by atoms with Crippen molar-refractivity contribution in [1.29, 1.82) is 0 Å². The predicted octanol–water partition coefficient (Wildman–Crippen LogP) is 2.40. The van der Waals surface area contributed by atoms with Crippen molar-refractivity contribution >= 4 is 11.8 Å². The van der Waals surface area contributed by atoms with Crippen molar-refractivity contribution in [3.8, 4) is 0 Å². The highest BCUT2D eigenvalue weighted by Gasteiger charge is 2.41. The maximum absolute atomic E-state index is 13.2. The van der Waals surface area contributed by atoms with Gasteiger partial charge in [0.15, 0.2) is 0 Å². The highest BCUT2D eigenvalue weighted by molar-refractivity contribution is 5.89. The molecule has 0 aromatic carbocycles. The summed E-state index contributed by atoms with van der Waals surface area (Å²) in [5, 5.41) is 3.38. The van der Waals surface area contributed by atoms with Crippen LogP contribution in [0.15, 0.2) is 0 Å². The van der Waals surface area contributed by atoms with Gasteiger partial charge in [0, 0.05) is 31.6 Å². The lowest BCUT2D eigenvalue weighted by molar-refractivity contribution is -0.138. The molecule has 3 fully saturated rings. The Hall–Kier alpha value is -1.10. The van der Waals surface area contributed by atoms with Crippen molar-refractivity contribution in [2.75, 3.05) is 26.2 Å². The third-order valence-electron chi connectivity index (χ3n) is 6.43. The molecule has 5 nitrogen and oxygen atoms in total. The molecule has 25 heavy (non-hydrogen) atoms. The Morgan fingerprint density at radius 2 is 1.84 bits per heavy atom. The average molecular weight is 350 g/mol. The molecule has 1 saturated carbocycles. The minimum Gasteiger partial charge on any atom is -0.339 e. The van der Waals surface area contributed by atoms with E-state index in [2.05, 4.69) is 24.1 Å². The third-order valence-corrected chi connectivity index (χ3v) is 6.43. The molecule has 2 saturated heterocycles. The van der Waals surface area contributed by atoms with E-state index in [4.69, 9.17) is 0 Å². The number of nitrogens with zero attached hydrogens (tertiary/aromatic N) is 2. The molecular weight excluding hydrogens is 314 g/mol. The zero-order chi connectivity index (χ0) is 17.8. The van der Waals surface area contributed by atoms with Gasteiger partial charge < -0.3 is 15.1 Å². The molecule has 2 aliphatic heterocycles. The number of carbonyl (C=O) groups excluding carboxylic acids is 2. The number of nitrogens with one attached hydrogen (secondary N) is 1. The summed E-state index contributed by atoms with van der Waals surface area (Å²) in [5.74, 6) is 1.10. The molecule has 0 radical (unpaired) electrons. The van der Waals surface area contributed by atoms with E-state index in [1.54, 1.807) is 0 Å². The minimum atomic E-state index is -0.117. The van der Waals surface area contributed by atoms with Gasteiger partial charge in [-0.25, -0.2) is 0 Å². The standard InChI is InChI=1S/C20H35N3O2/c1-3-12-22(18-8-10-21-11-9-18)20(25)16-13-19(24)23(14-16)17-6-4-15(2)5-7-17/h15-18,21H,3-14H2,1-2H3. The summed E-state index contributed by atoms with van der Waals surface area (Å²) in [6, 6.07) is 0.730. The lowest BCUT2D eigenvalue weighted by Gasteiger charge is -2.36. The molecular formula is C20H35N3O2.